The Morgan fingerprint density at radius 2 is 1.86 bits per heavy atom. The van der Waals surface area contributed by atoms with Crippen LogP contribution in [0.5, 0.6) is 0 Å². The molecule has 0 bridgehead atoms. The molecule has 114 valence electrons. The fourth-order valence-electron chi connectivity index (χ4n) is 2.62. The number of hydrogen-bond donors (Lipinski definition) is 1. The highest BCUT2D eigenvalue weighted by Crippen LogP contribution is 2.24. The first-order valence-electron chi connectivity index (χ1n) is 7.28. The van der Waals surface area contributed by atoms with Gasteiger partial charge in [0.1, 0.15) is 17.4 Å². The summed E-state index contributed by atoms with van der Waals surface area (Å²) < 4.78 is 13.0. The van der Waals surface area contributed by atoms with Crippen molar-refractivity contribution in [3.05, 3.63) is 35.6 Å². The summed E-state index contributed by atoms with van der Waals surface area (Å²) in [6, 6.07) is 5.55. The SMILES string of the molecule is CCC1C(=O)NC(C)(CC)C(=O)N1Cc1ccc(F)cc1. The summed E-state index contributed by atoms with van der Waals surface area (Å²) in [6.45, 7) is 5.82. The molecule has 1 aromatic carbocycles. The van der Waals surface area contributed by atoms with Gasteiger partial charge in [-0.3, -0.25) is 9.59 Å². The molecule has 1 fully saturated rings. The van der Waals surface area contributed by atoms with E-state index in [0.29, 0.717) is 19.4 Å². The number of carbonyl (C=O) groups is 2. The zero-order valence-electron chi connectivity index (χ0n) is 12.6. The summed E-state index contributed by atoms with van der Waals surface area (Å²) in [7, 11) is 0. The molecule has 0 radical (unpaired) electrons. The maximum absolute atomic E-state index is 13.0. The number of piperazine rings is 1. The third-order valence-electron chi connectivity index (χ3n) is 4.17. The highest BCUT2D eigenvalue weighted by Gasteiger charge is 2.46. The van der Waals surface area contributed by atoms with Crippen LogP contribution in [0, 0.1) is 5.82 Å². The second kappa shape index (κ2) is 5.84. The van der Waals surface area contributed by atoms with Crippen molar-refractivity contribution in [2.45, 2.75) is 51.7 Å². The topological polar surface area (TPSA) is 49.4 Å². The molecule has 1 aromatic rings. The van der Waals surface area contributed by atoms with Crippen LogP contribution in [-0.2, 0) is 16.1 Å². The van der Waals surface area contributed by atoms with Crippen LogP contribution in [-0.4, -0.2) is 28.3 Å². The summed E-state index contributed by atoms with van der Waals surface area (Å²) in [6.07, 6.45) is 1.09. The van der Waals surface area contributed by atoms with Gasteiger partial charge in [-0.2, -0.15) is 0 Å². The van der Waals surface area contributed by atoms with Crippen LogP contribution in [0.1, 0.15) is 39.2 Å². The summed E-state index contributed by atoms with van der Waals surface area (Å²) in [5.74, 6) is -0.517. The Morgan fingerprint density at radius 1 is 1.24 bits per heavy atom. The predicted octanol–water partition coefficient (Wildman–Crippen LogP) is 2.23. The van der Waals surface area contributed by atoms with Gasteiger partial charge in [0.2, 0.25) is 11.8 Å². The molecule has 2 amide bonds. The van der Waals surface area contributed by atoms with E-state index in [1.54, 1.807) is 24.0 Å². The van der Waals surface area contributed by atoms with Crippen molar-refractivity contribution < 1.29 is 14.0 Å². The molecular weight excluding hydrogens is 271 g/mol. The fourth-order valence-corrected chi connectivity index (χ4v) is 2.62. The Hall–Kier alpha value is -1.91. The van der Waals surface area contributed by atoms with Crippen molar-refractivity contribution in [2.75, 3.05) is 0 Å². The first-order chi connectivity index (χ1) is 9.91. The van der Waals surface area contributed by atoms with Crippen LogP contribution in [0.2, 0.25) is 0 Å². The smallest absolute Gasteiger partial charge is 0.249 e. The number of benzene rings is 1. The molecule has 0 saturated carbocycles. The molecule has 1 heterocycles. The lowest BCUT2D eigenvalue weighted by molar-refractivity contribution is -0.155. The minimum absolute atomic E-state index is 0.0826. The largest absolute Gasteiger partial charge is 0.340 e. The van der Waals surface area contributed by atoms with Crippen molar-refractivity contribution >= 4 is 11.8 Å². The molecule has 0 aliphatic carbocycles. The number of halogens is 1. The van der Waals surface area contributed by atoms with Gasteiger partial charge in [-0.15, -0.1) is 0 Å². The number of rotatable bonds is 4. The lowest BCUT2D eigenvalue weighted by Gasteiger charge is -2.44. The Kier molecular flexibility index (Phi) is 4.30. The average molecular weight is 292 g/mol. The zero-order valence-corrected chi connectivity index (χ0v) is 12.6. The van der Waals surface area contributed by atoms with Gasteiger partial charge < -0.3 is 10.2 Å². The van der Waals surface area contributed by atoms with Gasteiger partial charge in [-0.1, -0.05) is 26.0 Å². The van der Waals surface area contributed by atoms with Crippen molar-refractivity contribution in [3.8, 4) is 0 Å². The molecular formula is C16H21FN2O2. The van der Waals surface area contributed by atoms with Crippen molar-refractivity contribution in [1.82, 2.24) is 10.2 Å². The summed E-state index contributed by atoms with van der Waals surface area (Å²) in [5, 5.41) is 2.83. The minimum Gasteiger partial charge on any atom is -0.340 e. The molecule has 1 aliphatic heterocycles. The quantitative estimate of drug-likeness (QED) is 0.925. The molecule has 21 heavy (non-hydrogen) atoms. The van der Waals surface area contributed by atoms with Crippen molar-refractivity contribution in [1.29, 1.82) is 0 Å². The molecule has 1 aliphatic rings. The second-order valence-electron chi connectivity index (χ2n) is 5.66. The number of carbonyl (C=O) groups excluding carboxylic acids is 2. The first-order valence-corrected chi connectivity index (χ1v) is 7.28. The third kappa shape index (κ3) is 2.91. The molecule has 0 spiro atoms. The maximum Gasteiger partial charge on any atom is 0.249 e. The van der Waals surface area contributed by atoms with Gasteiger partial charge in [0, 0.05) is 6.54 Å². The number of amides is 2. The summed E-state index contributed by atoms with van der Waals surface area (Å²) in [5.41, 5.74) is -0.0423. The molecule has 2 unspecified atom stereocenters. The van der Waals surface area contributed by atoms with Gasteiger partial charge >= 0.3 is 0 Å². The number of nitrogens with zero attached hydrogens (tertiary/aromatic N) is 1. The van der Waals surface area contributed by atoms with E-state index >= 15 is 0 Å². The summed E-state index contributed by atoms with van der Waals surface area (Å²) >= 11 is 0. The van der Waals surface area contributed by atoms with Gasteiger partial charge in [0.05, 0.1) is 0 Å². The Labute approximate surface area is 124 Å². The normalized spacial score (nSPS) is 25.9. The van der Waals surface area contributed by atoms with Crippen LogP contribution in [0.3, 0.4) is 0 Å². The average Bonchev–Trinajstić information content (AvgIpc) is 2.47. The van der Waals surface area contributed by atoms with Crippen LogP contribution in [0.4, 0.5) is 4.39 Å². The molecule has 0 aromatic heterocycles. The van der Waals surface area contributed by atoms with Gasteiger partial charge in [-0.25, -0.2) is 4.39 Å². The lowest BCUT2D eigenvalue weighted by atomic mass is 9.91. The Morgan fingerprint density at radius 3 is 2.38 bits per heavy atom. The predicted molar refractivity (Wildman–Crippen MR) is 77.9 cm³/mol. The van der Waals surface area contributed by atoms with Gasteiger partial charge in [-0.05, 0) is 37.5 Å². The Bertz CT molecular complexity index is 544. The third-order valence-corrected chi connectivity index (χ3v) is 4.17. The van der Waals surface area contributed by atoms with E-state index in [-0.39, 0.29) is 17.6 Å². The fraction of sp³-hybridized carbons (Fsp3) is 0.500. The molecule has 1 N–H and O–H groups in total. The first kappa shape index (κ1) is 15.5. The van der Waals surface area contributed by atoms with Crippen molar-refractivity contribution in [3.63, 3.8) is 0 Å². The van der Waals surface area contributed by atoms with E-state index in [0.717, 1.165) is 5.56 Å². The van der Waals surface area contributed by atoms with E-state index in [1.807, 2.05) is 13.8 Å². The zero-order chi connectivity index (χ0) is 15.6. The highest BCUT2D eigenvalue weighted by atomic mass is 19.1. The standard InChI is InChI=1S/C16H21FN2O2/c1-4-13-14(20)18-16(3,5-2)15(21)19(13)10-11-6-8-12(17)9-7-11/h6-9,13H,4-5,10H2,1-3H3,(H,18,20). The van der Waals surface area contributed by atoms with E-state index in [1.165, 1.54) is 12.1 Å². The maximum atomic E-state index is 13.0. The van der Waals surface area contributed by atoms with Gasteiger partial charge in [0.25, 0.3) is 0 Å². The summed E-state index contributed by atoms with van der Waals surface area (Å²) in [4.78, 5) is 26.5. The van der Waals surface area contributed by atoms with E-state index in [9.17, 15) is 14.0 Å². The van der Waals surface area contributed by atoms with Crippen LogP contribution >= 0.6 is 0 Å². The molecule has 1 saturated heterocycles. The molecule has 4 nitrogen and oxygen atoms in total. The van der Waals surface area contributed by atoms with E-state index < -0.39 is 11.6 Å². The van der Waals surface area contributed by atoms with Crippen LogP contribution < -0.4 is 5.32 Å². The van der Waals surface area contributed by atoms with E-state index in [4.69, 9.17) is 0 Å². The monoisotopic (exact) mass is 292 g/mol. The molecule has 5 heteroatoms. The lowest BCUT2D eigenvalue weighted by Crippen LogP contribution is -2.68. The van der Waals surface area contributed by atoms with Crippen LogP contribution in [0.25, 0.3) is 0 Å². The number of hydrogen-bond acceptors (Lipinski definition) is 2. The minimum atomic E-state index is -0.858. The number of nitrogens with one attached hydrogen (secondary N) is 1. The van der Waals surface area contributed by atoms with Crippen molar-refractivity contribution in [2.24, 2.45) is 0 Å². The molecule has 2 rings (SSSR count). The molecule has 2 atom stereocenters. The van der Waals surface area contributed by atoms with E-state index in [2.05, 4.69) is 5.32 Å². The Balaban J connectivity index is 2.29. The second-order valence-corrected chi connectivity index (χ2v) is 5.66. The highest BCUT2D eigenvalue weighted by molar-refractivity contribution is 5.99. The van der Waals surface area contributed by atoms with Gasteiger partial charge in [0.15, 0.2) is 0 Å². The van der Waals surface area contributed by atoms with Crippen LogP contribution in [0.15, 0.2) is 24.3 Å².